The van der Waals surface area contributed by atoms with E-state index >= 15 is 0 Å². The highest BCUT2D eigenvalue weighted by molar-refractivity contribution is 5.27. The van der Waals surface area contributed by atoms with Crippen LogP contribution in [0, 0.1) is 0 Å². The Hall–Kier alpha value is -1.61. The van der Waals surface area contributed by atoms with E-state index in [2.05, 4.69) is 55.5 Å². The van der Waals surface area contributed by atoms with Gasteiger partial charge in [-0.3, -0.25) is 4.68 Å². The first kappa shape index (κ1) is 13.8. The average Bonchev–Trinajstić information content (AvgIpc) is 2.87. The van der Waals surface area contributed by atoms with Crippen molar-refractivity contribution in [1.29, 1.82) is 0 Å². The molecule has 1 aromatic carbocycles. The molecule has 1 N–H and O–H groups in total. The standard InChI is InChI=1S/C16H23N3/c1-16(2,3)15-7-5-14(6-8-15)13-17-10-12-19-11-4-9-18-19/h4-9,11,17H,10,12-13H2,1-3H3. The summed E-state index contributed by atoms with van der Waals surface area (Å²) in [5, 5.41) is 7.61. The Kier molecular flexibility index (Phi) is 4.38. The normalized spacial score (nSPS) is 11.7. The molecule has 0 saturated carbocycles. The fourth-order valence-electron chi connectivity index (χ4n) is 1.98. The molecule has 0 fully saturated rings. The van der Waals surface area contributed by atoms with Gasteiger partial charge in [0.2, 0.25) is 0 Å². The van der Waals surface area contributed by atoms with Crippen molar-refractivity contribution < 1.29 is 0 Å². The van der Waals surface area contributed by atoms with Gasteiger partial charge < -0.3 is 5.32 Å². The van der Waals surface area contributed by atoms with Crippen molar-refractivity contribution >= 4 is 0 Å². The molecule has 2 rings (SSSR count). The van der Waals surface area contributed by atoms with Gasteiger partial charge in [-0.15, -0.1) is 0 Å². The minimum atomic E-state index is 0.228. The van der Waals surface area contributed by atoms with Crippen LogP contribution in [0.15, 0.2) is 42.7 Å². The number of rotatable bonds is 5. The highest BCUT2D eigenvalue weighted by Gasteiger charge is 2.12. The van der Waals surface area contributed by atoms with Crippen LogP contribution < -0.4 is 5.32 Å². The predicted octanol–water partition coefficient (Wildman–Crippen LogP) is 2.97. The fourth-order valence-corrected chi connectivity index (χ4v) is 1.98. The maximum Gasteiger partial charge on any atom is 0.0534 e. The second-order valence-corrected chi connectivity index (χ2v) is 5.89. The van der Waals surface area contributed by atoms with Crippen molar-refractivity contribution in [3.63, 3.8) is 0 Å². The van der Waals surface area contributed by atoms with Crippen LogP contribution in [0.25, 0.3) is 0 Å². The Morgan fingerprint density at radius 1 is 1.16 bits per heavy atom. The number of nitrogens with one attached hydrogen (secondary N) is 1. The molecule has 0 unspecified atom stereocenters. The first-order valence-corrected chi connectivity index (χ1v) is 6.83. The first-order valence-electron chi connectivity index (χ1n) is 6.83. The van der Waals surface area contributed by atoms with E-state index in [1.54, 1.807) is 0 Å². The van der Waals surface area contributed by atoms with Crippen LogP contribution in [0.1, 0.15) is 31.9 Å². The largest absolute Gasteiger partial charge is 0.311 e. The molecule has 0 atom stereocenters. The van der Waals surface area contributed by atoms with Gasteiger partial charge in [0, 0.05) is 25.5 Å². The summed E-state index contributed by atoms with van der Waals surface area (Å²) in [6.45, 7) is 9.47. The van der Waals surface area contributed by atoms with E-state index in [4.69, 9.17) is 0 Å². The number of hydrogen-bond donors (Lipinski definition) is 1. The van der Waals surface area contributed by atoms with Crippen LogP contribution in [-0.2, 0) is 18.5 Å². The topological polar surface area (TPSA) is 29.9 Å². The predicted molar refractivity (Wildman–Crippen MR) is 79.1 cm³/mol. The molecule has 2 aromatic rings. The lowest BCUT2D eigenvalue weighted by Gasteiger charge is -2.19. The summed E-state index contributed by atoms with van der Waals surface area (Å²) in [6, 6.07) is 10.8. The monoisotopic (exact) mass is 257 g/mol. The molecule has 3 nitrogen and oxygen atoms in total. The molecule has 3 heteroatoms. The Balaban J connectivity index is 1.77. The van der Waals surface area contributed by atoms with Gasteiger partial charge in [-0.2, -0.15) is 5.10 Å². The minimum absolute atomic E-state index is 0.228. The van der Waals surface area contributed by atoms with Crippen LogP contribution in [-0.4, -0.2) is 16.3 Å². The summed E-state index contributed by atoms with van der Waals surface area (Å²) in [4.78, 5) is 0. The van der Waals surface area contributed by atoms with Crippen LogP contribution in [0.5, 0.6) is 0 Å². The van der Waals surface area contributed by atoms with Crippen LogP contribution >= 0.6 is 0 Å². The van der Waals surface area contributed by atoms with Crippen LogP contribution in [0.3, 0.4) is 0 Å². The zero-order chi connectivity index (χ0) is 13.7. The Labute approximate surface area is 115 Å². The van der Waals surface area contributed by atoms with Gasteiger partial charge in [0.1, 0.15) is 0 Å². The highest BCUT2D eigenvalue weighted by atomic mass is 15.3. The lowest BCUT2D eigenvalue weighted by Crippen LogP contribution is -2.20. The molecule has 1 aromatic heterocycles. The summed E-state index contributed by atoms with van der Waals surface area (Å²) in [5.41, 5.74) is 2.94. The van der Waals surface area contributed by atoms with E-state index in [1.807, 2.05) is 23.1 Å². The number of hydrogen-bond acceptors (Lipinski definition) is 2. The van der Waals surface area contributed by atoms with Crippen molar-refractivity contribution in [2.24, 2.45) is 0 Å². The number of benzene rings is 1. The molecular formula is C16H23N3. The third-order valence-electron chi connectivity index (χ3n) is 3.23. The minimum Gasteiger partial charge on any atom is -0.311 e. The third kappa shape index (κ3) is 4.21. The van der Waals surface area contributed by atoms with Gasteiger partial charge >= 0.3 is 0 Å². The van der Waals surface area contributed by atoms with Gasteiger partial charge in [0.05, 0.1) is 6.54 Å². The van der Waals surface area contributed by atoms with Gasteiger partial charge in [-0.05, 0) is 22.6 Å². The smallest absolute Gasteiger partial charge is 0.0534 e. The van der Waals surface area contributed by atoms with Crippen molar-refractivity contribution in [3.05, 3.63) is 53.9 Å². The van der Waals surface area contributed by atoms with Gasteiger partial charge in [0.15, 0.2) is 0 Å². The number of nitrogens with zero attached hydrogens (tertiary/aromatic N) is 2. The maximum absolute atomic E-state index is 4.18. The van der Waals surface area contributed by atoms with Crippen LogP contribution in [0.2, 0.25) is 0 Å². The summed E-state index contributed by atoms with van der Waals surface area (Å²) < 4.78 is 1.94. The van der Waals surface area contributed by atoms with Crippen molar-refractivity contribution in [2.45, 2.75) is 39.3 Å². The molecule has 0 spiro atoms. The van der Waals surface area contributed by atoms with E-state index in [0.29, 0.717) is 0 Å². The van der Waals surface area contributed by atoms with E-state index in [0.717, 1.165) is 19.6 Å². The number of aromatic nitrogens is 2. The summed E-state index contributed by atoms with van der Waals surface area (Å²) in [5.74, 6) is 0. The average molecular weight is 257 g/mol. The lowest BCUT2D eigenvalue weighted by molar-refractivity contribution is 0.554. The Morgan fingerprint density at radius 3 is 2.47 bits per heavy atom. The van der Waals surface area contributed by atoms with Crippen LogP contribution in [0.4, 0.5) is 0 Å². The quantitative estimate of drug-likeness (QED) is 0.835. The van der Waals surface area contributed by atoms with Crippen molar-refractivity contribution in [2.75, 3.05) is 6.54 Å². The molecule has 0 saturated heterocycles. The molecular weight excluding hydrogens is 234 g/mol. The third-order valence-corrected chi connectivity index (χ3v) is 3.23. The van der Waals surface area contributed by atoms with Gasteiger partial charge in [-0.1, -0.05) is 45.0 Å². The van der Waals surface area contributed by atoms with Crippen molar-refractivity contribution in [1.82, 2.24) is 15.1 Å². The Morgan fingerprint density at radius 2 is 1.89 bits per heavy atom. The summed E-state index contributed by atoms with van der Waals surface area (Å²) in [7, 11) is 0. The van der Waals surface area contributed by atoms with E-state index in [9.17, 15) is 0 Å². The SMILES string of the molecule is CC(C)(C)c1ccc(CNCCn2cccn2)cc1. The van der Waals surface area contributed by atoms with Gasteiger partial charge in [-0.25, -0.2) is 0 Å². The molecule has 0 aliphatic rings. The molecule has 0 amide bonds. The summed E-state index contributed by atoms with van der Waals surface area (Å²) in [6.07, 6.45) is 3.80. The zero-order valence-corrected chi connectivity index (χ0v) is 12.1. The zero-order valence-electron chi connectivity index (χ0n) is 12.1. The molecule has 102 valence electrons. The second kappa shape index (κ2) is 6.02. The fraction of sp³-hybridized carbons (Fsp3) is 0.438. The molecule has 1 heterocycles. The lowest BCUT2D eigenvalue weighted by atomic mass is 9.87. The Bertz CT molecular complexity index is 478. The van der Waals surface area contributed by atoms with E-state index < -0.39 is 0 Å². The van der Waals surface area contributed by atoms with Crippen molar-refractivity contribution in [3.8, 4) is 0 Å². The second-order valence-electron chi connectivity index (χ2n) is 5.89. The first-order chi connectivity index (χ1) is 9.05. The highest BCUT2D eigenvalue weighted by Crippen LogP contribution is 2.22. The molecule has 0 radical (unpaired) electrons. The molecule has 0 bridgehead atoms. The molecule has 0 aliphatic carbocycles. The van der Waals surface area contributed by atoms with E-state index in [1.165, 1.54) is 11.1 Å². The maximum atomic E-state index is 4.18. The molecule has 0 aliphatic heterocycles. The van der Waals surface area contributed by atoms with E-state index in [-0.39, 0.29) is 5.41 Å². The molecule has 19 heavy (non-hydrogen) atoms. The summed E-state index contributed by atoms with van der Waals surface area (Å²) >= 11 is 0. The van der Waals surface area contributed by atoms with Gasteiger partial charge in [0.25, 0.3) is 0 Å².